The number of benzene rings is 2. The van der Waals surface area contributed by atoms with Gasteiger partial charge in [-0.05, 0) is 41.6 Å². The Balaban J connectivity index is 1.59. The topological polar surface area (TPSA) is 75.6 Å². The average Bonchev–Trinajstić information content (AvgIpc) is 3.24. The largest absolute Gasteiger partial charge is 0.479 e. The van der Waals surface area contributed by atoms with Gasteiger partial charge in [-0.1, -0.05) is 48.5 Å². The Kier molecular flexibility index (Phi) is 3.81. The van der Waals surface area contributed by atoms with Gasteiger partial charge in [-0.15, -0.1) is 0 Å². The summed E-state index contributed by atoms with van der Waals surface area (Å²) in [7, 11) is 0. The number of esters is 1. The Morgan fingerprint density at radius 2 is 1.68 bits per heavy atom. The molecule has 2 aromatic rings. The summed E-state index contributed by atoms with van der Waals surface area (Å²) in [5.74, 6) is -1.93. The molecule has 5 heteroatoms. The molecule has 1 atom stereocenters. The first-order chi connectivity index (χ1) is 12.1. The van der Waals surface area contributed by atoms with Crippen molar-refractivity contribution in [1.29, 1.82) is 0 Å². The second-order valence-corrected chi connectivity index (χ2v) is 6.57. The van der Waals surface area contributed by atoms with E-state index in [0.29, 0.717) is 13.0 Å². The number of carboxylic acids is 1. The molecule has 25 heavy (non-hydrogen) atoms. The lowest BCUT2D eigenvalue weighted by atomic mass is 9.96. The Hall–Kier alpha value is -2.66. The van der Waals surface area contributed by atoms with Crippen LogP contribution >= 0.6 is 0 Å². The van der Waals surface area contributed by atoms with Crippen LogP contribution in [0.2, 0.25) is 0 Å². The van der Waals surface area contributed by atoms with Gasteiger partial charge in [-0.25, -0.2) is 9.59 Å². The average molecular weight is 337 g/mol. The van der Waals surface area contributed by atoms with E-state index in [4.69, 9.17) is 4.74 Å². The second-order valence-electron chi connectivity index (χ2n) is 6.57. The zero-order chi connectivity index (χ0) is 17.4. The molecule has 1 aliphatic heterocycles. The highest BCUT2D eigenvalue weighted by atomic mass is 16.5. The molecular formula is C20H19NO4. The lowest BCUT2D eigenvalue weighted by Gasteiger charge is -2.23. The van der Waals surface area contributed by atoms with Crippen LogP contribution in [0.15, 0.2) is 48.5 Å². The van der Waals surface area contributed by atoms with Crippen LogP contribution in [0.4, 0.5) is 0 Å². The van der Waals surface area contributed by atoms with Crippen molar-refractivity contribution >= 4 is 11.9 Å². The summed E-state index contributed by atoms with van der Waals surface area (Å²) in [6, 6.07) is 16.1. The second kappa shape index (κ2) is 6.01. The fraction of sp³-hybridized carbons (Fsp3) is 0.300. The maximum atomic E-state index is 12.5. The Morgan fingerprint density at radius 1 is 1.08 bits per heavy atom. The molecule has 0 saturated carbocycles. The predicted octanol–water partition coefficient (Wildman–Crippen LogP) is 2.55. The van der Waals surface area contributed by atoms with Gasteiger partial charge >= 0.3 is 11.9 Å². The van der Waals surface area contributed by atoms with Crippen molar-refractivity contribution in [2.75, 3.05) is 13.2 Å². The van der Waals surface area contributed by atoms with Crippen LogP contribution in [-0.2, 0) is 14.3 Å². The van der Waals surface area contributed by atoms with Crippen LogP contribution < -0.4 is 5.32 Å². The van der Waals surface area contributed by atoms with Gasteiger partial charge < -0.3 is 9.84 Å². The van der Waals surface area contributed by atoms with Gasteiger partial charge in [0.05, 0.1) is 0 Å². The van der Waals surface area contributed by atoms with Crippen LogP contribution in [0.5, 0.6) is 0 Å². The van der Waals surface area contributed by atoms with Crippen LogP contribution in [-0.4, -0.2) is 35.7 Å². The SMILES string of the molecule is O=C(O)[C@]1(C(=O)OCC2c3ccccc3-c3ccccc32)CCCN1. The maximum Gasteiger partial charge on any atom is 0.338 e. The van der Waals surface area contributed by atoms with Gasteiger partial charge in [-0.3, -0.25) is 5.32 Å². The first-order valence-corrected chi connectivity index (χ1v) is 8.47. The van der Waals surface area contributed by atoms with Gasteiger partial charge in [0.25, 0.3) is 0 Å². The third-order valence-corrected chi connectivity index (χ3v) is 5.21. The fourth-order valence-electron chi connectivity index (χ4n) is 3.91. The van der Waals surface area contributed by atoms with Gasteiger partial charge in [-0.2, -0.15) is 0 Å². The Labute approximate surface area is 145 Å². The third-order valence-electron chi connectivity index (χ3n) is 5.21. The number of carboxylic acid groups (broad SMARTS) is 1. The molecule has 2 aliphatic rings. The lowest BCUT2D eigenvalue weighted by molar-refractivity contribution is -0.162. The number of hydrogen-bond donors (Lipinski definition) is 2. The minimum Gasteiger partial charge on any atom is -0.479 e. The molecule has 0 aromatic heterocycles. The van der Waals surface area contributed by atoms with Crippen molar-refractivity contribution < 1.29 is 19.4 Å². The number of rotatable bonds is 4. The molecule has 128 valence electrons. The molecule has 0 amide bonds. The van der Waals surface area contributed by atoms with E-state index in [2.05, 4.69) is 17.4 Å². The minimum atomic E-state index is -1.60. The first kappa shape index (κ1) is 15.8. The Morgan fingerprint density at radius 3 is 2.20 bits per heavy atom. The summed E-state index contributed by atoms with van der Waals surface area (Å²) in [4.78, 5) is 24.1. The summed E-state index contributed by atoms with van der Waals surface area (Å²) in [6.07, 6.45) is 0.912. The minimum absolute atomic E-state index is 0.0661. The monoisotopic (exact) mass is 337 g/mol. The predicted molar refractivity (Wildman–Crippen MR) is 92.3 cm³/mol. The number of hydrogen-bond acceptors (Lipinski definition) is 4. The maximum absolute atomic E-state index is 12.5. The first-order valence-electron chi connectivity index (χ1n) is 8.47. The highest BCUT2D eigenvalue weighted by Gasteiger charge is 2.50. The molecule has 1 fully saturated rings. The highest BCUT2D eigenvalue weighted by Crippen LogP contribution is 2.44. The van der Waals surface area contributed by atoms with Gasteiger partial charge in [0.1, 0.15) is 6.61 Å². The molecule has 2 aromatic carbocycles. The van der Waals surface area contributed by atoms with Crippen LogP contribution in [0.1, 0.15) is 29.9 Å². The van der Waals surface area contributed by atoms with Crippen molar-refractivity contribution in [3.63, 3.8) is 0 Å². The van der Waals surface area contributed by atoms with Gasteiger partial charge in [0.15, 0.2) is 0 Å². The van der Waals surface area contributed by atoms with E-state index < -0.39 is 17.5 Å². The summed E-state index contributed by atoms with van der Waals surface area (Å²) >= 11 is 0. The van der Waals surface area contributed by atoms with E-state index in [1.807, 2.05) is 36.4 Å². The van der Waals surface area contributed by atoms with Crippen molar-refractivity contribution in [2.24, 2.45) is 0 Å². The normalized spacial score (nSPS) is 21.6. The van der Waals surface area contributed by atoms with E-state index in [1.54, 1.807) is 0 Å². The van der Waals surface area contributed by atoms with Crippen molar-refractivity contribution in [3.8, 4) is 11.1 Å². The molecule has 0 radical (unpaired) electrons. The van der Waals surface area contributed by atoms with Crippen molar-refractivity contribution in [2.45, 2.75) is 24.3 Å². The molecule has 0 unspecified atom stereocenters. The zero-order valence-electron chi connectivity index (χ0n) is 13.7. The number of carbonyl (C=O) groups excluding carboxylic acids is 1. The van der Waals surface area contributed by atoms with E-state index in [0.717, 1.165) is 22.3 Å². The van der Waals surface area contributed by atoms with Crippen LogP contribution in [0, 0.1) is 0 Å². The molecule has 1 saturated heterocycles. The smallest absolute Gasteiger partial charge is 0.338 e. The Bertz CT molecular complexity index is 794. The van der Waals surface area contributed by atoms with Crippen LogP contribution in [0.3, 0.4) is 0 Å². The molecular weight excluding hydrogens is 318 g/mol. The summed E-state index contributed by atoms with van der Waals surface area (Å²) < 4.78 is 5.51. The summed E-state index contributed by atoms with van der Waals surface area (Å²) in [6.45, 7) is 0.653. The van der Waals surface area contributed by atoms with Crippen molar-refractivity contribution in [1.82, 2.24) is 5.32 Å². The molecule has 1 aliphatic carbocycles. The number of nitrogens with one attached hydrogen (secondary N) is 1. The van der Waals surface area contributed by atoms with Crippen molar-refractivity contribution in [3.05, 3.63) is 59.7 Å². The van der Waals surface area contributed by atoms with E-state index in [9.17, 15) is 14.7 Å². The number of carbonyl (C=O) groups is 2. The van der Waals surface area contributed by atoms with Gasteiger partial charge in [0.2, 0.25) is 5.54 Å². The molecule has 4 rings (SSSR count). The number of aliphatic carboxylic acids is 1. The third kappa shape index (κ3) is 2.43. The molecule has 2 N–H and O–H groups in total. The molecule has 1 heterocycles. The van der Waals surface area contributed by atoms with Gasteiger partial charge in [0, 0.05) is 5.92 Å². The number of ether oxygens (including phenoxy) is 1. The number of fused-ring (bicyclic) bond motifs is 3. The molecule has 0 bridgehead atoms. The molecule has 0 spiro atoms. The molecule has 5 nitrogen and oxygen atoms in total. The lowest BCUT2D eigenvalue weighted by Crippen LogP contribution is -2.55. The quantitative estimate of drug-likeness (QED) is 0.662. The summed E-state index contributed by atoms with van der Waals surface area (Å²) in [5.41, 5.74) is 2.91. The standard InChI is InChI=1S/C20H19NO4/c22-18(23)20(10-5-11-21-20)19(24)25-12-17-15-8-3-1-6-13(15)14-7-2-4-9-16(14)17/h1-4,6-9,17,21H,5,10-12H2,(H,22,23)/t20-/m0/s1. The zero-order valence-corrected chi connectivity index (χ0v) is 13.7. The highest BCUT2D eigenvalue weighted by molar-refractivity contribution is 6.04. The fourth-order valence-corrected chi connectivity index (χ4v) is 3.91. The van der Waals surface area contributed by atoms with E-state index >= 15 is 0 Å². The van der Waals surface area contributed by atoms with Crippen LogP contribution in [0.25, 0.3) is 11.1 Å². The van der Waals surface area contributed by atoms with E-state index in [-0.39, 0.29) is 18.9 Å². The van der Waals surface area contributed by atoms with E-state index in [1.165, 1.54) is 0 Å². The summed E-state index contributed by atoms with van der Waals surface area (Å²) in [5, 5.41) is 12.3.